The first-order valence-corrected chi connectivity index (χ1v) is 8.75. The molecule has 1 aromatic rings. The van der Waals surface area contributed by atoms with Crippen LogP contribution in [0.4, 0.5) is 0 Å². The Morgan fingerprint density at radius 1 is 1.29 bits per heavy atom. The summed E-state index contributed by atoms with van der Waals surface area (Å²) in [4.78, 5) is 11.8. The number of esters is 1. The Kier molecular flexibility index (Phi) is 5.78. The summed E-state index contributed by atoms with van der Waals surface area (Å²) in [5.74, 6) is -0.261. The summed E-state index contributed by atoms with van der Waals surface area (Å²) in [6.07, 6.45) is 2.31. The van der Waals surface area contributed by atoms with Crippen LogP contribution in [-0.4, -0.2) is 33.9 Å². The Morgan fingerprint density at radius 3 is 2.33 bits per heavy atom. The lowest BCUT2D eigenvalue weighted by Gasteiger charge is -2.18. The number of ether oxygens (including phenoxy) is 2. The summed E-state index contributed by atoms with van der Waals surface area (Å²) >= 11 is 0. The first kappa shape index (κ1) is 17.5. The number of carbonyl (C=O) groups is 1. The molecule has 0 aliphatic heterocycles. The Morgan fingerprint density at radius 2 is 1.90 bits per heavy atom. The Labute approximate surface area is 126 Å². The summed E-state index contributed by atoms with van der Waals surface area (Å²) in [7, 11) is -2.24. The SMILES string of the molecule is CCc1cc(OC(C)CC)c(S(C)(=O)=O)cc1C(=O)OC. The molecule has 1 aromatic carbocycles. The molecule has 0 N–H and O–H groups in total. The molecule has 0 saturated heterocycles. The third-order valence-corrected chi connectivity index (χ3v) is 4.38. The molecule has 0 amide bonds. The molecule has 118 valence electrons. The zero-order valence-electron chi connectivity index (χ0n) is 13.1. The number of rotatable bonds is 6. The molecule has 1 atom stereocenters. The van der Waals surface area contributed by atoms with E-state index in [9.17, 15) is 13.2 Å². The average molecular weight is 314 g/mol. The van der Waals surface area contributed by atoms with Crippen LogP contribution in [0, 0.1) is 0 Å². The first-order valence-electron chi connectivity index (χ1n) is 6.86. The molecule has 6 heteroatoms. The predicted octanol–water partition coefficient (Wildman–Crippen LogP) is 2.62. The van der Waals surface area contributed by atoms with E-state index in [4.69, 9.17) is 9.47 Å². The van der Waals surface area contributed by atoms with Crippen molar-refractivity contribution < 1.29 is 22.7 Å². The van der Waals surface area contributed by atoms with Gasteiger partial charge >= 0.3 is 5.97 Å². The van der Waals surface area contributed by atoms with Crippen molar-refractivity contribution in [3.63, 3.8) is 0 Å². The van der Waals surface area contributed by atoms with E-state index in [-0.39, 0.29) is 22.3 Å². The zero-order chi connectivity index (χ0) is 16.2. The second-order valence-electron chi connectivity index (χ2n) is 4.91. The van der Waals surface area contributed by atoms with Crippen molar-refractivity contribution in [2.75, 3.05) is 13.4 Å². The highest BCUT2D eigenvalue weighted by molar-refractivity contribution is 7.90. The minimum atomic E-state index is -3.51. The van der Waals surface area contributed by atoms with Gasteiger partial charge in [0.1, 0.15) is 10.6 Å². The largest absolute Gasteiger partial charge is 0.489 e. The van der Waals surface area contributed by atoms with Gasteiger partial charge in [0.2, 0.25) is 0 Å². The lowest BCUT2D eigenvalue weighted by atomic mass is 10.0. The van der Waals surface area contributed by atoms with Crippen molar-refractivity contribution >= 4 is 15.8 Å². The summed E-state index contributed by atoms with van der Waals surface area (Å²) in [6.45, 7) is 5.70. The number of methoxy groups -OCH3 is 1. The quantitative estimate of drug-likeness (QED) is 0.755. The van der Waals surface area contributed by atoms with Crippen LogP contribution >= 0.6 is 0 Å². The van der Waals surface area contributed by atoms with E-state index in [1.807, 2.05) is 20.8 Å². The monoisotopic (exact) mass is 314 g/mol. The molecule has 0 saturated carbocycles. The fraction of sp³-hybridized carbons (Fsp3) is 0.533. The molecule has 0 aliphatic rings. The smallest absolute Gasteiger partial charge is 0.338 e. The molecular formula is C15H22O5S. The van der Waals surface area contributed by atoms with Gasteiger partial charge in [-0.2, -0.15) is 0 Å². The summed E-state index contributed by atoms with van der Waals surface area (Å²) < 4.78 is 34.3. The Bertz CT molecular complexity index is 619. The number of sulfone groups is 1. The molecule has 0 heterocycles. The average Bonchev–Trinajstić information content (AvgIpc) is 2.44. The van der Waals surface area contributed by atoms with Gasteiger partial charge in [-0.3, -0.25) is 0 Å². The van der Waals surface area contributed by atoms with Crippen LogP contribution in [0.5, 0.6) is 5.75 Å². The van der Waals surface area contributed by atoms with E-state index >= 15 is 0 Å². The van der Waals surface area contributed by atoms with E-state index in [2.05, 4.69) is 0 Å². The maximum Gasteiger partial charge on any atom is 0.338 e. The predicted molar refractivity (Wildman–Crippen MR) is 80.7 cm³/mol. The van der Waals surface area contributed by atoms with E-state index in [0.29, 0.717) is 12.0 Å². The molecule has 1 rings (SSSR count). The Hall–Kier alpha value is -1.56. The van der Waals surface area contributed by atoms with Gasteiger partial charge in [0.25, 0.3) is 0 Å². The number of aryl methyl sites for hydroxylation is 1. The van der Waals surface area contributed by atoms with Crippen LogP contribution in [-0.2, 0) is 21.0 Å². The van der Waals surface area contributed by atoms with Gasteiger partial charge in [-0.25, -0.2) is 13.2 Å². The maximum absolute atomic E-state index is 12.0. The molecule has 0 aliphatic carbocycles. The Balaban J connectivity index is 3.52. The van der Waals surface area contributed by atoms with Crippen LogP contribution in [0.15, 0.2) is 17.0 Å². The minimum Gasteiger partial charge on any atom is -0.489 e. The van der Waals surface area contributed by atoms with Crippen LogP contribution in [0.1, 0.15) is 43.1 Å². The van der Waals surface area contributed by atoms with Crippen LogP contribution < -0.4 is 4.74 Å². The van der Waals surface area contributed by atoms with Crippen molar-refractivity contribution in [2.24, 2.45) is 0 Å². The molecule has 0 fully saturated rings. The fourth-order valence-corrected chi connectivity index (χ4v) is 2.68. The number of benzene rings is 1. The van der Waals surface area contributed by atoms with Crippen molar-refractivity contribution in [2.45, 2.75) is 44.6 Å². The third kappa shape index (κ3) is 4.20. The number of hydrogen-bond donors (Lipinski definition) is 0. The standard InChI is InChI=1S/C15H22O5S/c1-6-10(3)20-13-8-11(7-2)12(15(16)19-4)9-14(13)21(5,17)18/h8-10H,6-7H2,1-5H3. The van der Waals surface area contributed by atoms with Gasteiger partial charge in [0, 0.05) is 6.26 Å². The summed E-state index contributed by atoms with van der Waals surface area (Å²) in [5, 5.41) is 0. The molecule has 0 spiro atoms. The minimum absolute atomic E-state index is 0.0143. The molecular weight excluding hydrogens is 292 g/mol. The van der Waals surface area contributed by atoms with Crippen molar-refractivity contribution in [1.82, 2.24) is 0 Å². The van der Waals surface area contributed by atoms with Gasteiger partial charge in [-0.15, -0.1) is 0 Å². The second-order valence-corrected chi connectivity index (χ2v) is 6.89. The molecule has 21 heavy (non-hydrogen) atoms. The van der Waals surface area contributed by atoms with E-state index in [1.165, 1.54) is 13.2 Å². The highest BCUT2D eigenvalue weighted by Crippen LogP contribution is 2.30. The van der Waals surface area contributed by atoms with E-state index < -0.39 is 15.8 Å². The molecule has 1 unspecified atom stereocenters. The molecule has 0 radical (unpaired) electrons. The van der Waals surface area contributed by atoms with Gasteiger partial charge in [0.05, 0.1) is 18.8 Å². The topological polar surface area (TPSA) is 69.7 Å². The van der Waals surface area contributed by atoms with Crippen molar-refractivity contribution in [3.05, 3.63) is 23.3 Å². The number of hydrogen-bond acceptors (Lipinski definition) is 5. The fourth-order valence-electron chi connectivity index (χ4n) is 1.88. The van der Waals surface area contributed by atoms with Gasteiger partial charge in [-0.1, -0.05) is 13.8 Å². The lowest BCUT2D eigenvalue weighted by molar-refractivity contribution is 0.0599. The van der Waals surface area contributed by atoms with Gasteiger partial charge in [-0.05, 0) is 37.5 Å². The highest BCUT2D eigenvalue weighted by Gasteiger charge is 2.22. The summed E-state index contributed by atoms with van der Waals surface area (Å²) in [5.41, 5.74) is 0.962. The summed E-state index contributed by atoms with van der Waals surface area (Å²) in [6, 6.07) is 2.96. The van der Waals surface area contributed by atoms with Crippen molar-refractivity contribution in [3.8, 4) is 5.75 Å². The highest BCUT2D eigenvalue weighted by atomic mass is 32.2. The van der Waals surface area contributed by atoms with Gasteiger partial charge < -0.3 is 9.47 Å². The third-order valence-electron chi connectivity index (χ3n) is 3.26. The van der Waals surface area contributed by atoms with E-state index in [1.54, 1.807) is 6.07 Å². The molecule has 5 nitrogen and oxygen atoms in total. The van der Waals surface area contributed by atoms with Gasteiger partial charge in [0.15, 0.2) is 9.84 Å². The van der Waals surface area contributed by atoms with Crippen LogP contribution in [0.3, 0.4) is 0 Å². The normalized spacial score (nSPS) is 12.8. The zero-order valence-corrected chi connectivity index (χ0v) is 13.9. The van der Waals surface area contributed by atoms with Crippen LogP contribution in [0.25, 0.3) is 0 Å². The van der Waals surface area contributed by atoms with Crippen molar-refractivity contribution in [1.29, 1.82) is 0 Å². The maximum atomic E-state index is 12.0. The number of carbonyl (C=O) groups excluding carboxylic acids is 1. The lowest BCUT2D eigenvalue weighted by Crippen LogP contribution is -2.15. The first-order chi connectivity index (χ1) is 9.74. The molecule has 0 aromatic heterocycles. The van der Waals surface area contributed by atoms with Crippen LogP contribution in [0.2, 0.25) is 0 Å². The second kappa shape index (κ2) is 6.93. The molecule has 0 bridgehead atoms. The van der Waals surface area contributed by atoms with E-state index in [0.717, 1.165) is 12.7 Å².